The first-order valence-corrected chi connectivity index (χ1v) is 11.2. The van der Waals surface area contributed by atoms with Gasteiger partial charge in [-0.3, -0.25) is 4.79 Å². The maximum atomic E-state index is 13.0. The van der Waals surface area contributed by atoms with Crippen LogP contribution in [0.2, 0.25) is 0 Å². The molecule has 0 unspecified atom stereocenters. The van der Waals surface area contributed by atoms with Crippen LogP contribution >= 0.6 is 0 Å². The maximum Gasteiger partial charge on any atom is 0.275 e. The number of H-pyrrole nitrogens is 1. The number of aryl methyl sites for hydroxylation is 1. The fraction of sp³-hybridized carbons (Fsp3) is 0.185. The second-order valence-corrected chi connectivity index (χ2v) is 8.13. The molecule has 172 valence electrons. The van der Waals surface area contributed by atoms with Crippen molar-refractivity contribution in [3.05, 3.63) is 88.8 Å². The summed E-state index contributed by atoms with van der Waals surface area (Å²) in [5, 5.41) is 0.935. The highest BCUT2D eigenvalue weighted by atomic mass is 16.5. The molecule has 0 amide bonds. The zero-order chi connectivity index (χ0) is 23.5. The second-order valence-electron chi connectivity index (χ2n) is 8.13. The molecule has 0 aliphatic heterocycles. The summed E-state index contributed by atoms with van der Waals surface area (Å²) in [6.07, 6.45) is 2.79. The minimum atomic E-state index is -0.236. The molecule has 2 heterocycles. The Balaban J connectivity index is 1.58. The summed E-state index contributed by atoms with van der Waals surface area (Å²) in [7, 11) is 1.61. The molecule has 7 heteroatoms. The summed E-state index contributed by atoms with van der Waals surface area (Å²) in [5.41, 5.74) is 10.1. The predicted octanol–water partition coefficient (Wildman–Crippen LogP) is 4.48. The third kappa shape index (κ3) is 4.25. The van der Waals surface area contributed by atoms with Crippen LogP contribution in [-0.4, -0.2) is 28.2 Å². The standard InChI is InChI=1S/C27H26N4O3/c1-33-19-9-11-23-24(14-19)29-26(27(32)30-23)22-16-31(13-5-12-28)25-15-20(8-10-21(22)25)34-17-18-6-3-2-4-7-18/h2-4,6-11,14-16H,5,12-13,17,28H2,1H3,(H,30,32). The minimum Gasteiger partial charge on any atom is -0.497 e. The Labute approximate surface area is 196 Å². The lowest BCUT2D eigenvalue weighted by molar-refractivity contribution is 0.306. The summed E-state index contributed by atoms with van der Waals surface area (Å²) in [4.78, 5) is 20.6. The average Bonchev–Trinajstić information content (AvgIpc) is 3.23. The number of aromatic nitrogens is 3. The third-order valence-corrected chi connectivity index (χ3v) is 5.86. The van der Waals surface area contributed by atoms with Crippen molar-refractivity contribution in [3.63, 3.8) is 0 Å². The summed E-state index contributed by atoms with van der Waals surface area (Å²) in [6, 6.07) is 21.4. The topological polar surface area (TPSA) is 95.2 Å². The molecule has 0 bridgehead atoms. The van der Waals surface area contributed by atoms with Crippen LogP contribution in [0.25, 0.3) is 33.2 Å². The van der Waals surface area contributed by atoms with Crippen LogP contribution in [0.5, 0.6) is 11.5 Å². The van der Waals surface area contributed by atoms with E-state index in [0.717, 1.165) is 40.7 Å². The van der Waals surface area contributed by atoms with Gasteiger partial charge in [-0.1, -0.05) is 30.3 Å². The van der Waals surface area contributed by atoms with Crippen LogP contribution in [-0.2, 0) is 13.2 Å². The Morgan fingerprint density at radius 2 is 1.85 bits per heavy atom. The Morgan fingerprint density at radius 3 is 2.65 bits per heavy atom. The number of nitrogens with two attached hydrogens (primary N) is 1. The first-order valence-electron chi connectivity index (χ1n) is 11.2. The Bertz CT molecular complexity index is 1510. The first-order chi connectivity index (χ1) is 16.7. The highest BCUT2D eigenvalue weighted by Crippen LogP contribution is 2.32. The van der Waals surface area contributed by atoms with Crippen molar-refractivity contribution in [1.29, 1.82) is 0 Å². The largest absolute Gasteiger partial charge is 0.497 e. The van der Waals surface area contributed by atoms with Crippen molar-refractivity contribution in [2.24, 2.45) is 5.73 Å². The van der Waals surface area contributed by atoms with Crippen molar-refractivity contribution in [3.8, 4) is 22.8 Å². The van der Waals surface area contributed by atoms with Crippen LogP contribution in [0.15, 0.2) is 77.7 Å². The summed E-state index contributed by atoms with van der Waals surface area (Å²) in [6.45, 7) is 1.79. The van der Waals surface area contributed by atoms with E-state index in [1.165, 1.54) is 0 Å². The molecule has 0 aliphatic carbocycles. The van der Waals surface area contributed by atoms with Gasteiger partial charge in [0.15, 0.2) is 0 Å². The lowest BCUT2D eigenvalue weighted by Gasteiger charge is -2.08. The van der Waals surface area contributed by atoms with Crippen LogP contribution < -0.4 is 20.8 Å². The van der Waals surface area contributed by atoms with Gasteiger partial charge in [-0.25, -0.2) is 4.98 Å². The van der Waals surface area contributed by atoms with Crippen molar-refractivity contribution < 1.29 is 9.47 Å². The van der Waals surface area contributed by atoms with E-state index < -0.39 is 0 Å². The van der Waals surface area contributed by atoms with Gasteiger partial charge in [0.05, 0.1) is 23.7 Å². The minimum absolute atomic E-state index is 0.236. The van der Waals surface area contributed by atoms with Crippen LogP contribution in [0.4, 0.5) is 0 Å². The fourth-order valence-electron chi connectivity index (χ4n) is 4.11. The monoisotopic (exact) mass is 454 g/mol. The van der Waals surface area contributed by atoms with E-state index in [0.29, 0.717) is 35.6 Å². The molecular weight excluding hydrogens is 428 g/mol. The molecule has 3 aromatic carbocycles. The van der Waals surface area contributed by atoms with E-state index in [9.17, 15) is 4.79 Å². The van der Waals surface area contributed by atoms with Crippen molar-refractivity contribution >= 4 is 21.9 Å². The van der Waals surface area contributed by atoms with Crippen LogP contribution in [0.1, 0.15) is 12.0 Å². The van der Waals surface area contributed by atoms with Crippen molar-refractivity contribution in [2.45, 2.75) is 19.6 Å². The lowest BCUT2D eigenvalue weighted by Crippen LogP contribution is -2.11. The summed E-state index contributed by atoms with van der Waals surface area (Å²) in [5.74, 6) is 1.45. The molecule has 3 N–H and O–H groups in total. The number of benzene rings is 3. The molecule has 0 atom stereocenters. The van der Waals surface area contributed by atoms with E-state index in [2.05, 4.69) is 9.55 Å². The number of aromatic amines is 1. The van der Waals surface area contributed by atoms with Gasteiger partial charge in [-0.15, -0.1) is 0 Å². The second kappa shape index (κ2) is 9.41. The number of hydrogen-bond acceptors (Lipinski definition) is 5. The molecule has 2 aromatic heterocycles. The molecule has 0 aliphatic rings. The number of rotatable bonds is 8. The molecule has 5 aromatic rings. The Kier molecular flexibility index (Phi) is 6.01. The van der Waals surface area contributed by atoms with E-state index in [1.54, 1.807) is 19.2 Å². The van der Waals surface area contributed by atoms with Gasteiger partial charge in [0, 0.05) is 35.8 Å². The third-order valence-electron chi connectivity index (χ3n) is 5.86. The number of nitrogens with zero attached hydrogens (tertiary/aromatic N) is 2. The number of ether oxygens (including phenoxy) is 2. The van der Waals surface area contributed by atoms with Gasteiger partial charge in [-0.2, -0.15) is 0 Å². The SMILES string of the molecule is COc1ccc2[nH]c(=O)c(-c3cn(CCCN)c4cc(OCc5ccccc5)ccc34)nc2c1. The molecular formula is C27H26N4O3. The maximum absolute atomic E-state index is 13.0. The smallest absolute Gasteiger partial charge is 0.275 e. The van der Waals surface area contributed by atoms with Crippen molar-refractivity contribution in [2.75, 3.05) is 13.7 Å². The van der Waals surface area contributed by atoms with Gasteiger partial charge >= 0.3 is 0 Å². The number of methoxy groups -OCH3 is 1. The average molecular weight is 455 g/mol. The Hall–Kier alpha value is -4.10. The van der Waals surface area contributed by atoms with Gasteiger partial charge in [0.25, 0.3) is 5.56 Å². The first kappa shape index (κ1) is 21.7. The fourth-order valence-corrected chi connectivity index (χ4v) is 4.11. The summed E-state index contributed by atoms with van der Waals surface area (Å²) >= 11 is 0. The zero-order valence-electron chi connectivity index (χ0n) is 19.0. The van der Waals surface area contributed by atoms with Gasteiger partial charge in [0.2, 0.25) is 0 Å². The normalized spacial score (nSPS) is 11.2. The molecule has 5 rings (SSSR count). The molecule has 7 nitrogen and oxygen atoms in total. The van der Waals surface area contributed by atoms with Gasteiger partial charge in [-0.05, 0) is 42.8 Å². The highest BCUT2D eigenvalue weighted by molar-refractivity contribution is 5.96. The van der Waals surface area contributed by atoms with E-state index in [4.69, 9.17) is 20.2 Å². The number of hydrogen-bond donors (Lipinski definition) is 2. The molecule has 0 saturated carbocycles. The van der Waals surface area contributed by atoms with Gasteiger partial charge < -0.3 is 24.8 Å². The van der Waals surface area contributed by atoms with E-state index in [-0.39, 0.29) is 5.56 Å². The lowest BCUT2D eigenvalue weighted by atomic mass is 10.1. The van der Waals surface area contributed by atoms with Crippen LogP contribution in [0.3, 0.4) is 0 Å². The molecule has 0 spiro atoms. The van der Waals surface area contributed by atoms with E-state index >= 15 is 0 Å². The predicted molar refractivity (Wildman–Crippen MR) is 134 cm³/mol. The Morgan fingerprint density at radius 1 is 1.03 bits per heavy atom. The van der Waals surface area contributed by atoms with E-state index in [1.807, 2.05) is 60.8 Å². The molecule has 0 saturated heterocycles. The number of fused-ring (bicyclic) bond motifs is 2. The summed E-state index contributed by atoms with van der Waals surface area (Å²) < 4.78 is 13.5. The molecule has 0 radical (unpaired) electrons. The molecule has 0 fully saturated rings. The molecule has 34 heavy (non-hydrogen) atoms. The quantitative estimate of drug-likeness (QED) is 0.360. The van der Waals surface area contributed by atoms with Crippen molar-refractivity contribution in [1.82, 2.24) is 14.5 Å². The zero-order valence-corrected chi connectivity index (χ0v) is 19.0. The number of nitrogens with one attached hydrogen (secondary N) is 1. The highest BCUT2D eigenvalue weighted by Gasteiger charge is 2.16. The van der Waals surface area contributed by atoms with Crippen LogP contribution in [0, 0.1) is 0 Å². The van der Waals surface area contributed by atoms with Gasteiger partial charge in [0.1, 0.15) is 23.8 Å².